The third-order valence-electron chi connectivity index (χ3n) is 3.03. The van der Waals surface area contributed by atoms with E-state index in [1.54, 1.807) is 18.2 Å². The van der Waals surface area contributed by atoms with Crippen LogP contribution in [0.5, 0.6) is 0 Å². The molecule has 0 radical (unpaired) electrons. The fraction of sp³-hybridized carbons (Fsp3) is 0.438. The molecule has 23 heavy (non-hydrogen) atoms. The molecule has 7 nitrogen and oxygen atoms in total. The average Bonchev–Trinajstić information content (AvgIpc) is 2.54. The van der Waals surface area contributed by atoms with Crippen molar-refractivity contribution in [3.63, 3.8) is 0 Å². The first-order valence-electron chi connectivity index (χ1n) is 7.63. The van der Waals surface area contributed by atoms with Crippen molar-refractivity contribution in [2.45, 2.75) is 32.7 Å². The second kappa shape index (κ2) is 10.2. The molecule has 0 aromatic heterocycles. The molecule has 0 atom stereocenters. The molecule has 0 fully saturated rings. The van der Waals surface area contributed by atoms with Crippen LogP contribution in [0.3, 0.4) is 0 Å². The molecule has 1 aromatic carbocycles. The number of aliphatic carboxylic acids is 1. The number of carbonyl (C=O) groups excluding carboxylic acids is 2. The van der Waals surface area contributed by atoms with E-state index in [0.717, 1.165) is 12.0 Å². The summed E-state index contributed by atoms with van der Waals surface area (Å²) in [5.74, 6) is -1.02. The van der Waals surface area contributed by atoms with Gasteiger partial charge in [-0.25, -0.2) is 4.79 Å². The molecule has 0 aliphatic heterocycles. The molecule has 0 bridgehead atoms. The van der Waals surface area contributed by atoms with Gasteiger partial charge in [-0.05, 0) is 30.5 Å². The van der Waals surface area contributed by atoms with Crippen molar-refractivity contribution in [3.8, 4) is 0 Å². The normalized spacial score (nSPS) is 9.96. The lowest BCUT2D eigenvalue weighted by molar-refractivity contribution is -0.137. The molecule has 0 spiro atoms. The number of carboxylic acid groups (broad SMARTS) is 1. The maximum absolute atomic E-state index is 11.9. The topological polar surface area (TPSA) is 108 Å². The molecule has 0 unspecified atom stereocenters. The van der Waals surface area contributed by atoms with Gasteiger partial charge in [-0.3, -0.25) is 9.59 Å². The Kier molecular flexibility index (Phi) is 8.20. The zero-order valence-electron chi connectivity index (χ0n) is 13.2. The predicted octanol–water partition coefficient (Wildman–Crippen LogP) is 1.49. The highest BCUT2D eigenvalue weighted by molar-refractivity contribution is 5.94. The van der Waals surface area contributed by atoms with Crippen LogP contribution in [0.25, 0.3) is 0 Å². The lowest BCUT2D eigenvalue weighted by atomic mass is 10.1. The molecular weight excluding hydrogens is 298 g/mol. The van der Waals surface area contributed by atoms with Crippen molar-refractivity contribution in [1.29, 1.82) is 0 Å². The lowest BCUT2D eigenvalue weighted by Gasteiger charge is -2.09. The van der Waals surface area contributed by atoms with E-state index in [0.29, 0.717) is 31.6 Å². The van der Waals surface area contributed by atoms with Gasteiger partial charge in [0.15, 0.2) is 0 Å². The first kappa shape index (κ1) is 18.5. The zero-order chi connectivity index (χ0) is 17.1. The van der Waals surface area contributed by atoms with Gasteiger partial charge in [-0.1, -0.05) is 19.1 Å². The van der Waals surface area contributed by atoms with Crippen LogP contribution in [0.15, 0.2) is 24.3 Å². The van der Waals surface area contributed by atoms with E-state index in [-0.39, 0.29) is 18.4 Å². The minimum atomic E-state index is -0.884. The summed E-state index contributed by atoms with van der Waals surface area (Å²) in [7, 11) is 0. The van der Waals surface area contributed by atoms with Crippen molar-refractivity contribution >= 4 is 17.9 Å². The summed E-state index contributed by atoms with van der Waals surface area (Å²) in [6, 6.07) is 6.68. The number of benzene rings is 1. The number of carboxylic acids is 1. The minimum Gasteiger partial charge on any atom is -0.481 e. The van der Waals surface area contributed by atoms with Crippen molar-refractivity contribution in [3.05, 3.63) is 35.4 Å². The maximum atomic E-state index is 11.9. The number of carbonyl (C=O) groups is 3. The summed E-state index contributed by atoms with van der Waals surface area (Å²) in [5, 5.41) is 16.5. The van der Waals surface area contributed by atoms with Gasteiger partial charge < -0.3 is 21.1 Å². The summed E-state index contributed by atoms with van der Waals surface area (Å²) in [6.07, 6.45) is 1.28. The summed E-state index contributed by atoms with van der Waals surface area (Å²) in [6.45, 7) is 3.20. The monoisotopic (exact) mass is 321 g/mol. The molecule has 0 saturated heterocycles. The Bertz CT molecular complexity index is 546. The lowest BCUT2D eigenvalue weighted by Crippen LogP contribution is -2.35. The van der Waals surface area contributed by atoms with E-state index in [2.05, 4.69) is 16.0 Å². The first-order valence-corrected chi connectivity index (χ1v) is 7.63. The molecule has 0 aliphatic carbocycles. The molecule has 0 saturated carbocycles. The number of hydrogen-bond acceptors (Lipinski definition) is 3. The second-order valence-corrected chi connectivity index (χ2v) is 5.06. The zero-order valence-corrected chi connectivity index (χ0v) is 13.2. The van der Waals surface area contributed by atoms with Crippen molar-refractivity contribution in [2.75, 3.05) is 13.1 Å². The smallest absolute Gasteiger partial charge is 0.315 e. The number of hydrogen-bond donors (Lipinski definition) is 4. The van der Waals surface area contributed by atoms with Gasteiger partial charge in [0.2, 0.25) is 0 Å². The van der Waals surface area contributed by atoms with Gasteiger partial charge in [0.1, 0.15) is 0 Å². The Labute approximate surface area is 135 Å². The second-order valence-electron chi connectivity index (χ2n) is 5.06. The first-order chi connectivity index (χ1) is 11.0. The van der Waals surface area contributed by atoms with Crippen molar-refractivity contribution < 1.29 is 19.5 Å². The van der Waals surface area contributed by atoms with Gasteiger partial charge in [0.25, 0.3) is 5.91 Å². The van der Waals surface area contributed by atoms with E-state index in [1.165, 1.54) is 0 Å². The number of nitrogens with one attached hydrogen (secondary N) is 3. The average molecular weight is 321 g/mol. The molecule has 0 heterocycles. The van der Waals surface area contributed by atoms with E-state index in [9.17, 15) is 14.4 Å². The molecule has 3 amide bonds. The maximum Gasteiger partial charge on any atom is 0.315 e. The number of rotatable bonds is 9. The van der Waals surface area contributed by atoms with Gasteiger partial charge in [0.05, 0.1) is 0 Å². The van der Waals surface area contributed by atoms with Crippen LogP contribution in [-0.4, -0.2) is 36.1 Å². The van der Waals surface area contributed by atoms with Crippen LogP contribution < -0.4 is 16.0 Å². The molecule has 1 aromatic rings. The van der Waals surface area contributed by atoms with Crippen molar-refractivity contribution in [1.82, 2.24) is 16.0 Å². The standard InChI is InChI=1S/C16H23N3O4/c1-2-8-17-15(22)13-6-3-5-12(10-13)11-19-16(23)18-9-4-7-14(20)21/h3,5-6,10H,2,4,7-9,11H2,1H3,(H,17,22)(H,20,21)(H2,18,19,23). The molecule has 7 heteroatoms. The summed E-state index contributed by atoms with van der Waals surface area (Å²) in [4.78, 5) is 33.8. The van der Waals surface area contributed by atoms with Gasteiger partial charge >= 0.3 is 12.0 Å². The van der Waals surface area contributed by atoms with Crippen LogP contribution in [0.1, 0.15) is 42.1 Å². The Hall–Kier alpha value is -2.57. The highest BCUT2D eigenvalue weighted by Gasteiger charge is 2.06. The molecular formula is C16H23N3O4. The van der Waals surface area contributed by atoms with Crippen LogP contribution in [-0.2, 0) is 11.3 Å². The number of amides is 3. The fourth-order valence-electron chi connectivity index (χ4n) is 1.85. The van der Waals surface area contributed by atoms with Gasteiger partial charge in [0, 0.05) is 31.6 Å². The third kappa shape index (κ3) is 7.85. The van der Waals surface area contributed by atoms with Gasteiger partial charge in [-0.2, -0.15) is 0 Å². The van der Waals surface area contributed by atoms with Crippen LogP contribution in [0.2, 0.25) is 0 Å². The third-order valence-corrected chi connectivity index (χ3v) is 3.03. The highest BCUT2D eigenvalue weighted by Crippen LogP contribution is 2.05. The summed E-state index contributed by atoms with van der Waals surface area (Å²) in [5.41, 5.74) is 1.37. The Morgan fingerprint density at radius 2 is 1.87 bits per heavy atom. The van der Waals surface area contributed by atoms with E-state index >= 15 is 0 Å². The quantitative estimate of drug-likeness (QED) is 0.517. The SMILES string of the molecule is CCCNC(=O)c1cccc(CNC(=O)NCCCC(=O)O)c1. The Morgan fingerprint density at radius 1 is 1.09 bits per heavy atom. The molecule has 126 valence electrons. The van der Waals surface area contributed by atoms with Crippen LogP contribution >= 0.6 is 0 Å². The summed E-state index contributed by atoms with van der Waals surface area (Å²) >= 11 is 0. The van der Waals surface area contributed by atoms with E-state index in [1.807, 2.05) is 13.0 Å². The highest BCUT2D eigenvalue weighted by atomic mass is 16.4. The molecule has 4 N–H and O–H groups in total. The van der Waals surface area contributed by atoms with Crippen LogP contribution in [0, 0.1) is 0 Å². The largest absolute Gasteiger partial charge is 0.481 e. The van der Waals surface area contributed by atoms with Crippen molar-refractivity contribution in [2.24, 2.45) is 0 Å². The van der Waals surface area contributed by atoms with Crippen LogP contribution in [0.4, 0.5) is 4.79 Å². The van der Waals surface area contributed by atoms with E-state index in [4.69, 9.17) is 5.11 Å². The Balaban J connectivity index is 2.38. The summed E-state index contributed by atoms with van der Waals surface area (Å²) < 4.78 is 0. The minimum absolute atomic E-state index is 0.0230. The van der Waals surface area contributed by atoms with Gasteiger partial charge in [-0.15, -0.1) is 0 Å². The predicted molar refractivity (Wildman–Crippen MR) is 86.2 cm³/mol. The Morgan fingerprint density at radius 3 is 2.57 bits per heavy atom. The molecule has 0 aliphatic rings. The van der Waals surface area contributed by atoms with E-state index < -0.39 is 5.97 Å². The molecule has 1 rings (SSSR count). The number of urea groups is 1. The fourth-order valence-corrected chi connectivity index (χ4v) is 1.85.